The summed E-state index contributed by atoms with van der Waals surface area (Å²) in [5.41, 5.74) is 1.24. The average molecular weight is 341 g/mol. The van der Waals surface area contributed by atoms with Gasteiger partial charge in [0.2, 0.25) is 5.89 Å². The lowest BCUT2D eigenvalue weighted by Gasteiger charge is -2.45. The van der Waals surface area contributed by atoms with Crippen LogP contribution in [0, 0.1) is 0 Å². The number of rotatable bonds is 6. The highest BCUT2D eigenvalue weighted by Gasteiger charge is 2.39. The maximum atomic E-state index is 10.1. The predicted octanol–water partition coefficient (Wildman–Crippen LogP) is 3.47. The zero-order chi connectivity index (χ0) is 17.3. The zero-order valence-corrected chi connectivity index (χ0v) is 14.9. The molecule has 2 aliphatic carbocycles. The Morgan fingerprint density at radius 2 is 1.84 bits per heavy atom. The first kappa shape index (κ1) is 16.7. The molecule has 0 aliphatic heterocycles. The van der Waals surface area contributed by atoms with Gasteiger partial charge in [0, 0.05) is 11.5 Å². The summed E-state index contributed by atoms with van der Waals surface area (Å²) in [6, 6.07) is 10.7. The van der Waals surface area contributed by atoms with Gasteiger partial charge in [-0.2, -0.15) is 4.98 Å². The first-order valence-electron chi connectivity index (χ1n) is 9.40. The van der Waals surface area contributed by atoms with Gasteiger partial charge < -0.3 is 9.63 Å². The van der Waals surface area contributed by atoms with Gasteiger partial charge in [-0.25, -0.2) is 0 Å². The van der Waals surface area contributed by atoms with E-state index in [1.54, 1.807) is 0 Å². The third-order valence-electron chi connectivity index (χ3n) is 6.09. The fraction of sp³-hybridized carbons (Fsp3) is 0.600. The van der Waals surface area contributed by atoms with Crippen LogP contribution in [0.3, 0.4) is 0 Å². The first-order chi connectivity index (χ1) is 12.2. The largest absolute Gasteiger partial charge is 0.394 e. The molecule has 5 heteroatoms. The summed E-state index contributed by atoms with van der Waals surface area (Å²) in [5.74, 6) is 2.63. The number of hydrogen-bond acceptors (Lipinski definition) is 5. The minimum absolute atomic E-state index is 0.175. The Kier molecular flexibility index (Phi) is 4.61. The van der Waals surface area contributed by atoms with Gasteiger partial charge in [0.05, 0.1) is 13.2 Å². The maximum Gasteiger partial charge on any atom is 0.240 e. The van der Waals surface area contributed by atoms with Crippen LogP contribution in [-0.2, 0) is 6.54 Å². The Hall–Kier alpha value is -1.72. The highest BCUT2D eigenvalue weighted by molar-refractivity contribution is 5.20. The number of hydrogen-bond donors (Lipinski definition) is 1. The number of aliphatic hydroxyl groups is 1. The Morgan fingerprint density at radius 3 is 2.48 bits per heavy atom. The highest BCUT2D eigenvalue weighted by atomic mass is 16.5. The van der Waals surface area contributed by atoms with Crippen molar-refractivity contribution in [2.45, 2.75) is 62.4 Å². The van der Waals surface area contributed by atoms with Crippen LogP contribution in [0.5, 0.6) is 0 Å². The lowest BCUT2D eigenvalue weighted by Crippen LogP contribution is -2.51. The molecule has 25 heavy (non-hydrogen) atoms. The van der Waals surface area contributed by atoms with Crippen molar-refractivity contribution in [2.75, 3.05) is 13.7 Å². The monoisotopic (exact) mass is 341 g/mol. The molecule has 0 radical (unpaired) electrons. The van der Waals surface area contributed by atoms with Gasteiger partial charge in [0.15, 0.2) is 5.82 Å². The summed E-state index contributed by atoms with van der Waals surface area (Å²) in [7, 11) is 2.07. The van der Waals surface area contributed by atoms with E-state index < -0.39 is 0 Å². The minimum atomic E-state index is -0.181. The van der Waals surface area contributed by atoms with Crippen molar-refractivity contribution in [3.05, 3.63) is 47.6 Å². The molecule has 5 nitrogen and oxygen atoms in total. The summed E-state index contributed by atoms with van der Waals surface area (Å²) < 4.78 is 5.42. The molecule has 0 saturated heterocycles. The van der Waals surface area contributed by atoms with Gasteiger partial charge in [0.25, 0.3) is 0 Å². The van der Waals surface area contributed by atoms with Gasteiger partial charge in [-0.15, -0.1) is 0 Å². The summed E-state index contributed by atoms with van der Waals surface area (Å²) in [5, 5.41) is 14.2. The lowest BCUT2D eigenvalue weighted by atomic mass is 9.73. The average Bonchev–Trinajstić information content (AvgIpc) is 3.42. The molecular formula is C20H27N3O2. The fourth-order valence-corrected chi connectivity index (χ4v) is 4.08. The molecule has 1 aromatic carbocycles. The molecule has 0 unspecified atom stereocenters. The lowest BCUT2D eigenvalue weighted by molar-refractivity contribution is 0.00366. The second-order valence-electron chi connectivity index (χ2n) is 7.74. The molecule has 2 fully saturated rings. The molecule has 4 rings (SSSR count). The first-order valence-corrected chi connectivity index (χ1v) is 9.40. The molecule has 2 aliphatic rings. The van der Waals surface area contributed by atoms with Crippen LogP contribution in [0.25, 0.3) is 0 Å². The van der Waals surface area contributed by atoms with Gasteiger partial charge in [-0.1, -0.05) is 35.5 Å². The van der Waals surface area contributed by atoms with Crippen molar-refractivity contribution in [3.63, 3.8) is 0 Å². The van der Waals surface area contributed by atoms with Crippen molar-refractivity contribution in [1.82, 2.24) is 15.0 Å². The van der Waals surface area contributed by atoms with E-state index in [1.165, 1.54) is 18.4 Å². The molecule has 0 spiro atoms. The van der Waals surface area contributed by atoms with Crippen molar-refractivity contribution < 1.29 is 9.63 Å². The molecule has 1 heterocycles. The van der Waals surface area contributed by atoms with Crippen LogP contribution in [0.15, 0.2) is 34.9 Å². The number of aromatic nitrogens is 2. The number of nitrogens with zero attached hydrogens (tertiary/aromatic N) is 3. The van der Waals surface area contributed by atoms with Gasteiger partial charge in [-0.3, -0.25) is 4.90 Å². The van der Waals surface area contributed by atoms with Crippen molar-refractivity contribution >= 4 is 0 Å². The number of aliphatic hydroxyl groups excluding tert-OH is 1. The van der Waals surface area contributed by atoms with Crippen LogP contribution in [-0.4, -0.2) is 39.3 Å². The van der Waals surface area contributed by atoms with E-state index in [0.717, 1.165) is 31.5 Å². The van der Waals surface area contributed by atoms with E-state index >= 15 is 0 Å². The molecule has 1 N–H and O–H groups in total. The molecule has 0 amide bonds. The molecular weight excluding hydrogens is 314 g/mol. The van der Waals surface area contributed by atoms with E-state index in [-0.39, 0.29) is 12.1 Å². The summed E-state index contributed by atoms with van der Waals surface area (Å²) in [4.78, 5) is 6.75. The van der Waals surface area contributed by atoms with Gasteiger partial charge in [-0.05, 0) is 57.1 Å². The Morgan fingerprint density at radius 1 is 1.12 bits per heavy atom. The smallest absolute Gasteiger partial charge is 0.240 e. The Balaban J connectivity index is 1.40. The van der Waals surface area contributed by atoms with E-state index in [9.17, 15) is 5.11 Å². The number of likely N-dealkylation sites (N-methyl/N-ethyl adjacent to an activating group) is 1. The number of benzene rings is 1. The topological polar surface area (TPSA) is 62.4 Å². The van der Waals surface area contributed by atoms with Crippen molar-refractivity contribution in [1.29, 1.82) is 0 Å². The van der Waals surface area contributed by atoms with Crippen LogP contribution in [0.2, 0.25) is 0 Å². The SMILES string of the molecule is CN(Cc1nc(C2CC2)no1)C1(CO)CCC(c2ccccc2)CC1. The summed E-state index contributed by atoms with van der Waals surface area (Å²) >= 11 is 0. The van der Waals surface area contributed by atoms with Crippen molar-refractivity contribution in [3.8, 4) is 0 Å². The van der Waals surface area contributed by atoms with E-state index in [4.69, 9.17) is 4.52 Å². The quantitative estimate of drug-likeness (QED) is 0.872. The van der Waals surface area contributed by atoms with Crippen molar-refractivity contribution in [2.24, 2.45) is 0 Å². The van der Waals surface area contributed by atoms with Crippen LogP contribution < -0.4 is 0 Å². The normalized spacial score (nSPS) is 26.9. The third-order valence-corrected chi connectivity index (χ3v) is 6.09. The summed E-state index contributed by atoms with van der Waals surface area (Å²) in [6.45, 7) is 0.783. The van der Waals surface area contributed by atoms with E-state index in [1.807, 2.05) is 0 Å². The molecule has 0 atom stereocenters. The fourth-order valence-electron chi connectivity index (χ4n) is 4.08. The Bertz CT molecular complexity index is 688. The van der Waals surface area contributed by atoms with Crippen LogP contribution >= 0.6 is 0 Å². The third kappa shape index (κ3) is 3.48. The van der Waals surface area contributed by atoms with Gasteiger partial charge >= 0.3 is 0 Å². The molecule has 1 aromatic heterocycles. The van der Waals surface area contributed by atoms with Crippen LogP contribution in [0.1, 0.15) is 67.6 Å². The molecule has 2 aromatic rings. The Labute approximate surface area is 149 Å². The van der Waals surface area contributed by atoms with E-state index in [2.05, 4.69) is 52.4 Å². The predicted molar refractivity (Wildman–Crippen MR) is 95.2 cm³/mol. The second kappa shape index (κ2) is 6.89. The second-order valence-corrected chi connectivity index (χ2v) is 7.74. The summed E-state index contributed by atoms with van der Waals surface area (Å²) in [6.07, 6.45) is 6.54. The molecule has 0 bridgehead atoms. The minimum Gasteiger partial charge on any atom is -0.394 e. The zero-order valence-electron chi connectivity index (χ0n) is 14.9. The van der Waals surface area contributed by atoms with Gasteiger partial charge in [0.1, 0.15) is 0 Å². The van der Waals surface area contributed by atoms with Crippen LogP contribution in [0.4, 0.5) is 0 Å². The molecule has 134 valence electrons. The van der Waals surface area contributed by atoms with E-state index in [0.29, 0.717) is 24.3 Å². The maximum absolute atomic E-state index is 10.1. The highest BCUT2D eigenvalue weighted by Crippen LogP contribution is 2.41. The molecule has 2 saturated carbocycles. The standard InChI is InChI=1S/C20H27N3O2/c1-23(13-18-21-19(22-25-18)17-7-8-17)20(14-24)11-9-16(10-12-20)15-5-3-2-4-6-15/h2-6,16-17,24H,7-14H2,1H3.